The molecular formula is C15H9ClF3N3O5. The van der Waals surface area contributed by atoms with Crippen LogP contribution in [-0.4, -0.2) is 28.4 Å². The maximum absolute atomic E-state index is 12.6. The highest BCUT2D eigenvalue weighted by Gasteiger charge is 2.33. The molecule has 1 N–H and O–H groups in total. The third-order valence-corrected chi connectivity index (χ3v) is 3.41. The molecule has 0 saturated heterocycles. The fraction of sp³-hybridized carbons (Fsp3) is 0.133. The van der Waals surface area contributed by atoms with Gasteiger partial charge in [0.25, 0.3) is 11.6 Å². The molecule has 0 aliphatic carbocycles. The summed E-state index contributed by atoms with van der Waals surface area (Å²) >= 11 is 5.69. The smallest absolute Gasteiger partial charge is 0.416 e. The summed E-state index contributed by atoms with van der Waals surface area (Å²) in [6.07, 6.45) is -3.46. The second-order valence-electron chi connectivity index (χ2n) is 4.95. The van der Waals surface area contributed by atoms with Crippen molar-refractivity contribution in [3.63, 3.8) is 0 Å². The van der Waals surface area contributed by atoms with Gasteiger partial charge in [0.05, 0.1) is 16.1 Å². The first kappa shape index (κ1) is 20.1. The number of ether oxygens (including phenoxy) is 1. The number of nitrogens with zero attached hydrogens (tertiary/aromatic N) is 2. The van der Waals surface area contributed by atoms with Gasteiger partial charge in [0.2, 0.25) is 0 Å². The van der Waals surface area contributed by atoms with Crippen LogP contribution in [-0.2, 0) is 15.7 Å². The molecule has 0 bridgehead atoms. The maximum atomic E-state index is 12.6. The van der Waals surface area contributed by atoms with Crippen molar-refractivity contribution in [3.8, 4) is 0 Å². The molecule has 2 aromatic rings. The van der Waals surface area contributed by atoms with Crippen molar-refractivity contribution in [1.82, 2.24) is 4.98 Å². The van der Waals surface area contributed by atoms with Gasteiger partial charge in [0.15, 0.2) is 6.61 Å². The zero-order chi connectivity index (χ0) is 20.2. The molecule has 0 saturated carbocycles. The minimum absolute atomic E-state index is 0.104. The van der Waals surface area contributed by atoms with E-state index in [1.165, 1.54) is 18.3 Å². The number of carbonyl (C=O) groups excluding carboxylic acids is 2. The summed E-state index contributed by atoms with van der Waals surface area (Å²) in [5.41, 5.74) is -2.79. The van der Waals surface area contributed by atoms with Crippen LogP contribution in [0.25, 0.3) is 0 Å². The summed E-state index contributed by atoms with van der Waals surface area (Å²) in [5, 5.41) is 12.8. The van der Waals surface area contributed by atoms with E-state index in [-0.39, 0.29) is 16.8 Å². The minimum Gasteiger partial charge on any atom is -0.452 e. The van der Waals surface area contributed by atoms with Crippen molar-refractivity contribution in [1.29, 1.82) is 0 Å². The number of nitro groups is 1. The number of rotatable bonds is 5. The van der Waals surface area contributed by atoms with Crippen LogP contribution < -0.4 is 5.32 Å². The van der Waals surface area contributed by atoms with Gasteiger partial charge in [0, 0.05) is 12.3 Å². The number of nitro benzene ring substituents is 1. The third-order valence-electron chi connectivity index (χ3n) is 3.11. The number of alkyl halides is 3. The van der Waals surface area contributed by atoms with Crippen molar-refractivity contribution in [3.05, 3.63) is 62.9 Å². The quantitative estimate of drug-likeness (QED) is 0.354. The predicted molar refractivity (Wildman–Crippen MR) is 86.3 cm³/mol. The van der Waals surface area contributed by atoms with E-state index in [0.717, 1.165) is 6.07 Å². The Labute approximate surface area is 154 Å². The summed E-state index contributed by atoms with van der Waals surface area (Å²) in [5.74, 6) is -1.96. The largest absolute Gasteiger partial charge is 0.452 e. The number of carbonyl (C=O) groups is 2. The summed E-state index contributed by atoms with van der Waals surface area (Å²) in [4.78, 5) is 37.1. The molecule has 142 valence electrons. The number of nitrogens with one attached hydrogen (secondary N) is 1. The molecule has 0 atom stereocenters. The molecule has 0 aliphatic heterocycles. The Morgan fingerprint density at radius 1 is 1.30 bits per heavy atom. The van der Waals surface area contributed by atoms with E-state index >= 15 is 0 Å². The van der Waals surface area contributed by atoms with Gasteiger partial charge in [-0.3, -0.25) is 14.9 Å². The van der Waals surface area contributed by atoms with Crippen LogP contribution in [0.4, 0.5) is 24.5 Å². The highest BCUT2D eigenvalue weighted by molar-refractivity contribution is 6.32. The predicted octanol–water partition coefficient (Wildman–Crippen LogP) is 3.46. The Balaban J connectivity index is 2.08. The van der Waals surface area contributed by atoms with Gasteiger partial charge in [-0.1, -0.05) is 11.6 Å². The van der Waals surface area contributed by atoms with Gasteiger partial charge in [-0.05, 0) is 24.3 Å². The molecule has 1 aromatic heterocycles. The van der Waals surface area contributed by atoms with Crippen molar-refractivity contribution in [2.45, 2.75) is 6.18 Å². The topological polar surface area (TPSA) is 111 Å². The molecule has 27 heavy (non-hydrogen) atoms. The average Bonchev–Trinajstić information content (AvgIpc) is 2.59. The first-order valence-electron chi connectivity index (χ1n) is 7.02. The zero-order valence-electron chi connectivity index (χ0n) is 13.1. The van der Waals surface area contributed by atoms with Gasteiger partial charge in [-0.2, -0.15) is 13.2 Å². The number of pyridine rings is 1. The second-order valence-corrected chi connectivity index (χ2v) is 5.31. The van der Waals surface area contributed by atoms with Crippen LogP contribution >= 0.6 is 11.6 Å². The first-order chi connectivity index (χ1) is 12.6. The molecule has 0 fully saturated rings. The molecule has 8 nitrogen and oxygen atoms in total. The molecule has 2 rings (SSSR count). The lowest BCUT2D eigenvalue weighted by Crippen LogP contribution is -2.21. The van der Waals surface area contributed by atoms with Crippen LogP contribution in [0.5, 0.6) is 0 Å². The number of hydrogen-bond acceptors (Lipinski definition) is 6. The standard InChI is InChI=1S/C15H9ClF3N3O5/c16-13-9(2-1-5-20-13)14(24)27-7-12(23)21-10-4-3-8(15(17,18)19)6-11(10)22(25)26/h1-6H,7H2,(H,21,23). The molecule has 12 heteroatoms. The van der Waals surface area contributed by atoms with Crippen LogP contribution in [0.2, 0.25) is 5.15 Å². The van der Waals surface area contributed by atoms with Gasteiger partial charge in [-0.25, -0.2) is 9.78 Å². The Morgan fingerprint density at radius 2 is 2.00 bits per heavy atom. The summed E-state index contributed by atoms with van der Waals surface area (Å²) in [7, 11) is 0. The lowest BCUT2D eigenvalue weighted by atomic mass is 10.1. The highest BCUT2D eigenvalue weighted by Crippen LogP contribution is 2.34. The monoisotopic (exact) mass is 403 g/mol. The van der Waals surface area contributed by atoms with Gasteiger partial charge in [-0.15, -0.1) is 0 Å². The van der Waals surface area contributed by atoms with E-state index < -0.39 is 46.5 Å². The summed E-state index contributed by atoms with van der Waals surface area (Å²) in [6.45, 7) is -0.845. The Morgan fingerprint density at radius 3 is 2.59 bits per heavy atom. The van der Waals surface area contributed by atoms with Crippen molar-refractivity contribution in [2.24, 2.45) is 0 Å². The molecule has 1 amide bonds. The van der Waals surface area contributed by atoms with Crippen LogP contribution in [0.15, 0.2) is 36.5 Å². The number of esters is 1. The number of hydrogen-bond donors (Lipinski definition) is 1. The second kappa shape index (κ2) is 7.99. The van der Waals surface area contributed by atoms with E-state index in [0.29, 0.717) is 6.07 Å². The fourth-order valence-corrected chi connectivity index (χ4v) is 2.09. The molecule has 0 unspecified atom stereocenters. The van der Waals surface area contributed by atoms with E-state index in [1.54, 1.807) is 0 Å². The van der Waals surface area contributed by atoms with Crippen LogP contribution in [0.1, 0.15) is 15.9 Å². The minimum atomic E-state index is -4.79. The number of benzene rings is 1. The normalized spacial score (nSPS) is 11.0. The Bertz CT molecular complexity index is 905. The summed E-state index contributed by atoms with van der Waals surface area (Å²) < 4.78 is 42.6. The number of anilines is 1. The van der Waals surface area contributed by atoms with Crippen molar-refractivity contribution < 1.29 is 32.4 Å². The van der Waals surface area contributed by atoms with Crippen LogP contribution in [0, 0.1) is 10.1 Å². The number of halogens is 4. The Hall–Kier alpha value is -3.21. The molecule has 0 aliphatic rings. The van der Waals surface area contributed by atoms with Gasteiger partial charge >= 0.3 is 12.1 Å². The van der Waals surface area contributed by atoms with Crippen molar-refractivity contribution >= 4 is 34.9 Å². The van der Waals surface area contributed by atoms with Crippen molar-refractivity contribution in [2.75, 3.05) is 11.9 Å². The van der Waals surface area contributed by atoms with E-state index in [4.69, 9.17) is 16.3 Å². The van der Waals surface area contributed by atoms with E-state index in [2.05, 4.69) is 4.98 Å². The van der Waals surface area contributed by atoms with Gasteiger partial charge < -0.3 is 10.1 Å². The molecule has 1 heterocycles. The molecular weight excluding hydrogens is 395 g/mol. The molecule has 0 radical (unpaired) electrons. The van der Waals surface area contributed by atoms with E-state index in [1.807, 2.05) is 5.32 Å². The fourth-order valence-electron chi connectivity index (χ4n) is 1.90. The van der Waals surface area contributed by atoms with Gasteiger partial charge in [0.1, 0.15) is 10.8 Å². The number of amides is 1. The zero-order valence-corrected chi connectivity index (χ0v) is 13.9. The van der Waals surface area contributed by atoms with Crippen LogP contribution in [0.3, 0.4) is 0 Å². The molecule has 0 spiro atoms. The number of aromatic nitrogens is 1. The lowest BCUT2D eigenvalue weighted by molar-refractivity contribution is -0.384. The maximum Gasteiger partial charge on any atom is 0.416 e. The average molecular weight is 404 g/mol. The third kappa shape index (κ3) is 5.14. The Kier molecular flexibility index (Phi) is 5.95. The summed E-state index contributed by atoms with van der Waals surface area (Å²) in [6, 6.07) is 4.31. The lowest BCUT2D eigenvalue weighted by Gasteiger charge is -2.10. The SMILES string of the molecule is O=C(COC(=O)c1cccnc1Cl)Nc1ccc(C(F)(F)F)cc1[N+](=O)[O-]. The van der Waals surface area contributed by atoms with E-state index in [9.17, 15) is 32.9 Å². The first-order valence-corrected chi connectivity index (χ1v) is 7.40. The highest BCUT2D eigenvalue weighted by atomic mass is 35.5. The molecule has 1 aromatic carbocycles.